The van der Waals surface area contributed by atoms with Crippen molar-refractivity contribution in [2.45, 2.75) is 133 Å². The number of H-pyrrole nitrogens is 2. The first-order chi connectivity index (χ1) is 35.5. The monoisotopic (exact) mass is 1020 g/mol. The molecule has 2 saturated heterocycles. The Morgan fingerprint density at radius 3 is 2.26 bits per heavy atom. The smallest absolute Gasteiger partial charge is 0.326 e. The van der Waals surface area contributed by atoms with Crippen LogP contribution < -0.4 is 48.7 Å². The number of aliphatic carboxylic acids is 1. The Labute approximate surface area is 426 Å². The summed E-state index contributed by atoms with van der Waals surface area (Å²) in [5.41, 5.74) is 14.0. The lowest BCUT2D eigenvalue weighted by Crippen LogP contribution is -2.60. The zero-order valence-electron chi connectivity index (χ0n) is 41.4. The molecule has 24 heteroatoms. The minimum atomic E-state index is -1.60. The number of fused-ring (bicyclic) bond motifs is 2. The Morgan fingerprint density at radius 2 is 1.55 bits per heavy atom. The molecular formula is C50H66N14O10. The van der Waals surface area contributed by atoms with Crippen molar-refractivity contribution in [3.63, 3.8) is 0 Å². The maximum atomic E-state index is 15.2. The number of guanidine groups is 1. The van der Waals surface area contributed by atoms with Crippen molar-refractivity contribution in [3.8, 4) is 0 Å². The summed E-state index contributed by atoms with van der Waals surface area (Å²) in [6.07, 6.45) is 5.11. The number of nitrogens with two attached hydrogens (primary N) is 2. The average molecular weight is 1020 g/mol. The van der Waals surface area contributed by atoms with Crippen LogP contribution in [0.3, 0.4) is 0 Å². The number of nitrogens with zero attached hydrogens (tertiary/aromatic N) is 3. The van der Waals surface area contributed by atoms with Crippen LogP contribution in [-0.2, 0) is 62.4 Å². The average Bonchev–Trinajstić information content (AvgIpc) is 4.14. The third kappa shape index (κ3) is 15.6. The van der Waals surface area contributed by atoms with Crippen LogP contribution in [0.2, 0.25) is 0 Å². The van der Waals surface area contributed by atoms with E-state index in [1.54, 1.807) is 42.6 Å². The fraction of sp³-hybridized carbons (Fsp3) is 0.460. The lowest BCUT2D eigenvalue weighted by Gasteiger charge is -2.31. The molecule has 2 aromatic carbocycles. The molecule has 24 nitrogen and oxygen atoms in total. The number of carbonyl (C=O) groups is 9. The van der Waals surface area contributed by atoms with Gasteiger partial charge in [0.15, 0.2) is 5.96 Å². The molecule has 4 heterocycles. The lowest BCUT2D eigenvalue weighted by atomic mass is 10.0. The number of rotatable bonds is 14. The van der Waals surface area contributed by atoms with Gasteiger partial charge in [-0.1, -0.05) is 68.3 Å². The Bertz CT molecular complexity index is 2650. The maximum Gasteiger partial charge on any atom is 0.326 e. The molecule has 2 fully saturated rings. The molecule has 14 N–H and O–H groups in total. The van der Waals surface area contributed by atoms with Crippen LogP contribution in [0.15, 0.2) is 78.3 Å². The second-order valence-electron chi connectivity index (χ2n) is 18.6. The largest absolute Gasteiger partial charge is 0.480 e. The number of aromatic nitrogens is 3. The molecule has 2 aromatic heterocycles. The number of aliphatic imine (C=N–C) groups is 1. The number of unbranched alkanes of at least 4 members (excludes halogenated alkanes) is 1. The second kappa shape index (κ2) is 26.4. The molecule has 0 bridgehead atoms. The highest BCUT2D eigenvalue weighted by atomic mass is 16.4. The van der Waals surface area contributed by atoms with Gasteiger partial charge in [-0.2, -0.15) is 0 Å². The van der Waals surface area contributed by atoms with Gasteiger partial charge in [0.1, 0.15) is 42.3 Å². The quantitative estimate of drug-likeness (QED) is 0.0537. The summed E-state index contributed by atoms with van der Waals surface area (Å²) in [6, 6.07) is 5.51. The van der Waals surface area contributed by atoms with Crippen molar-refractivity contribution in [2.24, 2.45) is 16.5 Å². The summed E-state index contributed by atoms with van der Waals surface area (Å²) in [6.45, 7) is 2.94. The molecule has 2 aliphatic rings. The van der Waals surface area contributed by atoms with E-state index in [1.165, 1.54) is 24.3 Å². The number of aromatic amines is 2. The number of carbonyl (C=O) groups excluding carboxylic acids is 8. The number of carboxylic acid groups (broad SMARTS) is 1. The van der Waals surface area contributed by atoms with Gasteiger partial charge in [-0.15, -0.1) is 0 Å². The minimum Gasteiger partial charge on any atom is -0.480 e. The van der Waals surface area contributed by atoms with Crippen LogP contribution in [0.4, 0.5) is 0 Å². The molecule has 0 saturated carbocycles. The number of amides is 8. The molecule has 6 rings (SSSR count). The molecule has 0 radical (unpaired) electrons. The van der Waals surface area contributed by atoms with Gasteiger partial charge in [0.05, 0.1) is 18.8 Å². The van der Waals surface area contributed by atoms with Crippen LogP contribution in [0.1, 0.15) is 82.0 Å². The summed E-state index contributed by atoms with van der Waals surface area (Å²) in [4.78, 5) is 141. The summed E-state index contributed by atoms with van der Waals surface area (Å²) >= 11 is 0. The number of benzene rings is 2. The number of hydrogen-bond donors (Lipinski definition) is 12. The molecule has 0 aliphatic carbocycles. The minimum absolute atomic E-state index is 0.00604. The first kappa shape index (κ1) is 55.0. The van der Waals surface area contributed by atoms with Crippen LogP contribution in [0.25, 0.3) is 10.9 Å². The molecule has 8 amide bonds. The molecule has 0 unspecified atom stereocenters. The van der Waals surface area contributed by atoms with E-state index in [9.17, 15) is 43.5 Å². The van der Waals surface area contributed by atoms with Gasteiger partial charge in [0.2, 0.25) is 47.3 Å². The van der Waals surface area contributed by atoms with E-state index < -0.39 is 108 Å². The molecule has 396 valence electrons. The molecule has 4 aromatic rings. The van der Waals surface area contributed by atoms with Crippen molar-refractivity contribution < 1.29 is 48.3 Å². The summed E-state index contributed by atoms with van der Waals surface area (Å²) in [5.74, 6) is -7.77. The van der Waals surface area contributed by atoms with Gasteiger partial charge in [0, 0.05) is 74.7 Å². The van der Waals surface area contributed by atoms with Gasteiger partial charge in [-0.3, -0.25) is 38.4 Å². The van der Waals surface area contributed by atoms with E-state index in [0.29, 0.717) is 29.7 Å². The van der Waals surface area contributed by atoms with Crippen LogP contribution in [0.5, 0.6) is 0 Å². The summed E-state index contributed by atoms with van der Waals surface area (Å²) in [7, 11) is 0. The first-order valence-electron chi connectivity index (χ1n) is 24.7. The zero-order chi connectivity index (χ0) is 53.3. The Kier molecular flexibility index (Phi) is 19.6. The lowest BCUT2D eigenvalue weighted by molar-refractivity contribution is -0.143. The van der Waals surface area contributed by atoms with Gasteiger partial charge in [-0.05, 0) is 42.9 Å². The van der Waals surface area contributed by atoms with Gasteiger partial charge < -0.3 is 68.7 Å². The molecule has 0 spiro atoms. The van der Waals surface area contributed by atoms with Crippen molar-refractivity contribution >= 4 is 70.1 Å². The van der Waals surface area contributed by atoms with E-state index in [1.807, 2.05) is 25.1 Å². The normalized spacial score (nSPS) is 23.2. The fourth-order valence-corrected chi connectivity index (χ4v) is 9.12. The van der Waals surface area contributed by atoms with Crippen molar-refractivity contribution in [1.82, 2.24) is 57.1 Å². The van der Waals surface area contributed by atoms with E-state index in [2.05, 4.69) is 57.2 Å². The predicted octanol–water partition coefficient (Wildman–Crippen LogP) is -0.945. The molecule has 74 heavy (non-hydrogen) atoms. The van der Waals surface area contributed by atoms with E-state index in [-0.39, 0.29) is 70.4 Å². The third-order valence-corrected chi connectivity index (χ3v) is 12.9. The molecular weight excluding hydrogens is 957 g/mol. The molecule has 8 atom stereocenters. The van der Waals surface area contributed by atoms with Crippen LogP contribution in [0, 0.1) is 0 Å². The Balaban J connectivity index is 1.40. The topological polar surface area (TPSA) is 370 Å². The summed E-state index contributed by atoms with van der Waals surface area (Å²) < 4.78 is 0. The van der Waals surface area contributed by atoms with E-state index in [0.717, 1.165) is 10.9 Å². The van der Waals surface area contributed by atoms with E-state index >= 15 is 4.79 Å². The highest BCUT2D eigenvalue weighted by Gasteiger charge is 2.44. The van der Waals surface area contributed by atoms with Crippen molar-refractivity contribution in [3.05, 3.63) is 90.1 Å². The first-order valence-corrected chi connectivity index (χ1v) is 24.7. The van der Waals surface area contributed by atoms with Crippen LogP contribution in [-0.4, -0.2) is 146 Å². The predicted molar refractivity (Wildman–Crippen MR) is 270 cm³/mol. The Morgan fingerprint density at radius 1 is 0.851 bits per heavy atom. The van der Waals surface area contributed by atoms with Gasteiger partial charge >= 0.3 is 5.97 Å². The highest BCUT2D eigenvalue weighted by molar-refractivity contribution is 5.99. The highest BCUT2D eigenvalue weighted by Crippen LogP contribution is 2.25. The second-order valence-corrected chi connectivity index (χ2v) is 18.6. The number of para-hydroxylation sites is 1. The number of carboxylic acids is 1. The number of hydrogen-bond acceptors (Lipinski definition) is 11. The van der Waals surface area contributed by atoms with E-state index in [4.69, 9.17) is 11.5 Å². The zero-order valence-corrected chi connectivity index (χ0v) is 41.4. The SMILES string of the molecule is CCCC[C@H](NC(C)=O)C(=O)N[C@H]1CC(=O)NCCCC[C@@H](C(=O)O)NC(=O)[C@H](Cc2c[nH]c3ccccc23)NC(=O)[C@@H]2C[C@@H](N=C(N)N)CN2C(=O)[C@@H](Cc2ccccc2)NC(=O)[C@H](Cc2cnc[nH]2)NC1=O. The van der Waals surface area contributed by atoms with Crippen molar-refractivity contribution in [2.75, 3.05) is 13.1 Å². The molecule has 2 aliphatic heterocycles. The van der Waals surface area contributed by atoms with Gasteiger partial charge in [-0.25, -0.2) is 14.8 Å². The Hall–Kier alpha value is -8.31. The van der Waals surface area contributed by atoms with Crippen molar-refractivity contribution in [1.29, 1.82) is 0 Å². The van der Waals surface area contributed by atoms with Crippen LogP contribution >= 0.6 is 0 Å². The number of nitrogens with one attached hydrogen (secondary N) is 9. The fourth-order valence-electron chi connectivity index (χ4n) is 9.12. The third-order valence-electron chi connectivity index (χ3n) is 12.9. The van der Waals surface area contributed by atoms with Gasteiger partial charge in [0.25, 0.3) is 0 Å². The number of imidazole rings is 1. The standard InChI is InChI=1S/C50H66N14O10/c1-3-4-15-35(57-28(2)65)43(67)61-39-23-42(66)54-18-11-10-17-36(49(73)74)59-44(68)37(20-30-24-55-34-16-9-8-14-33(30)34)62-47(71)41-22-32(58-50(51)52)26-64(41)48(72)40(19-29-12-6-5-7-13-29)63-45(69)38(60-46(39)70)21-31-25-53-27-56-31/h5-9,12-14,16,24-25,27,32,35-41,55H,3-4,10-11,15,17-23,26H2,1-2H3,(H,53,56)(H,54,66)(H,57,65)(H,59,68)(H,60,70)(H,61,67)(H,62,71)(H,63,69)(H,73,74)(H4,51,52,58)/t32-,35+,36+,37+,38+,39+,40-,41+/m1/s1. The maximum absolute atomic E-state index is 15.2. The summed E-state index contributed by atoms with van der Waals surface area (Å²) in [5, 5.41) is 29.8.